The van der Waals surface area contributed by atoms with E-state index in [2.05, 4.69) is 20.8 Å². The van der Waals surface area contributed by atoms with E-state index in [9.17, 15) is 14.4 Å². The number of hydrogen-bond donors (Lipinski definition) is 0. The van der Waals surface area contributed by atoms with Gasteiger partial charge in [0.1, 0.15) is 13.2 Å². The van der Waals surface area contributed by atoms with Crippen molar-refractivity contribution in [3.8, 4) is 0 Å². The summed E-state index contributed by atoms with van der Waals surface area (Å²) in [4.78, 5) is 38.0. The van der Waals surface area contributed by atoms with Crippen molar-refractivity contribution in [2.75, 3.05) is 13.2 Å². The lowest BCUT2D eigenvalue weighted by atomic mass is 10.0. The van der Waals surface area contributed by atoms with E-state index in [0.717, 1.165) is 64.2 Å². The van der Waals surface area contributed by atoms with Crippen LogP contribution in [0.1, 0.15) is 432 Å². The Bertz CT molecular complexity index is 1190. The minimum Gasteiger partial charge on any atom is -0.462 e. The molecule has 0 aliphatic carbocycles. The molecule has 79 heavy (non-hydrogen) atoms. The van der Waals surface area contributed by atoms with Gasteiger partial charge in [0, 0.05) is 19.3 Å². The summed E-state index contributed by atoms with van der Waals surface area (Å²) in [6.07, 6.45) is 82.1. The van der Waals surface area contributed by atoms with Gasteiger partial charge in [-0.05, 0) is 19.3 Å². The molecule has 0 rings (SSSR count). The van der Waals surface area contributed by atoms with Crippen molar-refractivity contribution in [2.24, 2.45) is 0 Å². The van der Waals surface area contributed by atoms with Crippen LogP contribution in [-0.4, -0.2) is 37.2 Å². The number of carbonyl (C=O) groups excluding carboxylic acids is 3. The van der Waals surface area contributed by atoms with Crippen molar-refractivity contribution < 1.29 is 28.6 Å². The van der Waals surface area contributed by atoms with Crippen molar-refractivity contribution in [1.29, 1.82) is 0 Å². The van der Waals surface area contributed by atoms with Gasteiger partial charge in [0.05, 0.1) is 0 Å². The second-order valence-electron chi connectivity index (χ2n) is 25.2. The van der Waals surface area contributed by atoms with Crippen molar-refractivity contribution in [2.45, 2.75) is 438 Å². The number of esters is 3. The molecule has 0 saturated carbocycles. The summed E-state index contributed by atoms with van der Waals surface area (Å²) in [6.45, 7) is 6.65. The minimum atomic E-state index is -0.761. The van der Waals surface area contributed by atoms with Crippen molar-refractivity contribution in [3.63, 3.8) is 0 Å². The number of rotatable bonds is 69. The summed E-state index contributed by atoms with van der Waals surface area (Å²) in [7, 11) is 0. The second kappa shape index (κ2) is 68.9. The molecular weight excluding hydrogens is 973 g/mol. The molecule has 0 aliphatic rings. The molecule has 0 bridgehead atoms. The van der Waals surface area contributed by atoms with E-state index in [1.54, 1.807) is 0 Å². The van der Waals surface area contributed by atoms with Gasteiger partial charge < -0.3 is 14.2 Å². The van der Waals surface area contributed by atoms with E-state index in [-0.39, 0.29) is 31.1 Å². The Balaban J connectivity index is 3.87. The highest BCUT2D eigenvalue weighted by Gasteiger charge is 2.19. The van der Waals surface area contributed by atoms with E-state index in [1.807, 2.05) is 0 Å². The molecule has 0 radical (unpaired) electrons. The molecule has 0 aromatic rings. The largest absolute Gasteiger partial charge is 0.462 e. The third-order valence-electron chi connectivity index (χ3n) is 17.1. The monoisotopic (exact) mass is 1120 g/mol. The van der Waals surface area contributed by atoms with E-state index in [1.165, 1.54) is 327 Å². The van der Waals surface area contributed by atoms with Crippen molar-refractivity contribution >= 4 is 17.9 Å². The Morgan fingerprint density at radius 1 is 0.203 bits per heavy atom. The van der Waals surface area contributed by atoms with Gasteiger partial charge in [-0.3, -0.25) is 14.4 Å². The van der Waals surface area contributed by atoms with Gasteiger partial charge in [0.25, 0.3) is 0 Å². The average molecular weight is 1120 g/mol. The highest BCUT2D eigenvalue weighted by atomic mass is 16.6. The van der Waals surface area contributed by atoms with Crippen LogP contribution in [0.25, 0.3) is 0 Å². The van der Waals surface area contributed by atoms with E-state index in [0.29, 0.717) is 19.3 Å². The fourth-order valence-corrected chi connectivity index (χ4v) is 11.6. The van der Waals surface area contributed by atoms with Crippen molar-refractivity contribution in [1.82, 2.24) is 0 Å². The second-order valence-corrected chi connectivity index (χ2v) is 25.2. The lowest BCUT2D eigenvalue weighted by Crippen LogP contribution is -2.30. The Hall–Kier alpha value is -1.59. The number of hydrogen-bond acceptors (Lipinski definition) is 6. The van der Waals surface area contributed by atoms with Gasteiger partial charge in [0.15, 0.2) is 6.10 Å². The molecule has 0 aromatic heterocycles. The van der Waals surface area contributed by atoms with Crippen LogP contribution in [0.4, 0.5) is 0 Å². The summed E-state index contributed by atoms with van der Waals surface area (Å²) < 4.78 is 16.8. The van der Waals surface area contributed by atoms with Crippen molar-refractivity contribution in [3.05, 3.63) is 0 Å². The molecule has 0 fully saturated rings. The molecule has 0 spiro atoms. The lowest BCUT2D eigenvalue weighted by Gasteiger charge is -2.18. The molecule has 0 saturated heterocycles. The summed E-state index contributed by atoms with van der Waals surface area (Å²) in [5.74, 6) is -0.841. The van der Waals surface area contributed by atoms with Gasteiger partial charge in [-0.15, -0.1) is 0 Å². The van der Waals surface area contributed by atoms with Gasteiger partial charge in [-0.25, -0.2) is 0 Å². The first-order valence-corrected chi connectivity index (χ1v) is 36.5. The van der Waals surface area contributed by atoms with Gasteiger partial charge in [-0.1, -0.05) is 393 Å². The number of ether oxygens (including phenoxy) is 3. The fourth-order valence-electron chi connectivity index (χ4n) is 11.6. The first-order chi connectivity index (χ1) is 39.0. The smallest absolute Gasteiger partial charge is 0.306 e. The van der Waals surface area contributed by atoms with Crippen LogP contribution in [-0.2, 0) is 28.6 Å². The minimum absolute atomic E-state index is 0.0621. The predicted molar refractivity (Wildman–Crippen MR) is 344 cm³/mol. The van der Waals surface area contributed by atoms with Crippen LogP contribution in [0.2, 0.25) is 0 Å². The number of unbranched alkanes of at least 4 members (excludes halogenated alkanes) is 58. The average Bonchev–Trinajstić information content (AvgIpc) is 3.45. The Labute approximate surface area is 495 Å². The Morgan fingerprint density at radius 3 is 0.506 bits per heavy atom. The maximum atomic E-state index is 12.9. The molecule has 6 nitrogen and oxygen atoms in total. The number of carbonyl (C=O) groups is 3. The van der Waals surface area contributed by atoms with Crippen LogP contribution < -0.4 is 0 Å². The fraction of sp³-hybridized carbons (Fsp3) is 0.959. The highest BCUT2D eigenvalue weighted by Crippen LogP contribution is 2.20. The van der Waals surface area contributed by atoms with Crippen LogP contribution in [0.5, 0.6) is 0 Å². The first kappa shape index (κ1) is 77.4. The summed E-state index contributed by atoms with van der Waals surface area (Å²) in [6, 6.07) is 0. The third kappa shape index (κ3) is 67.1. The van der Waals surface area contributed by atoms with Crippen LogP contribution in [0.3, 0.4) is 0 Å². The summed E-state index contributed by atoms with van der Waals surface area (Å²) in [5.41, 5.74) is 0. The lowest BCUT2D eigenvalue weighted by molar-refractivity contribution is -0.167. The Kier molecular flexibility index (Phi) is 67.5. The molecule has 1 atom stereocenters. The molecule has 0 aliphatic heterocycles. The molecule has 1 unspecified atom stereocenters. The van der Waals surface area contributed by atoms with E-state index in [4.69, 9.17) is 14.2 Å². The van der Waals surface area contributed by atoms with Crippen LogP contribution >= 0.6 is 0 Å². The molecule has 6 heteroatoms. The van der Waals surface area contributed by atoms with Crippen LogP contribution in [0, 0.1) is 0 Å². The standard InChI is InChI=1S/C73H142O6/c1-4-7-10-13-15-17-19-21-23-25-27-29-31-33-35-36-37-38-40-41-43-45-47-49-51-53-55-57-60-63-66-72(75)78-69-70(68-77-71(74)65-62-59-12-9-6-3)79-73(76)67-64-61-58-56-54-52-50-48-46-44-42-39-34-32-30-28-26-24-22-20-18-16-14-11-8-5-2/h70H,4-69H2,1-3H3. The van der Waals surface area contributed by atoms with Crippen LogP contribution in [0.15, 0.2) is 0 Å². The molecular formula is C73H142O6. The van der Waals surface area contributed by atoms with Gasteiger partial charge >= 0.3 is 17.9 Å². The molecule has 0 N–H and O–H groups in total. The zero-order valence-corrected chi connectivity index (χ0v) is 54.2. The van der Waals surface area contributed by atoms with Gasteiger partial charge in [0.2, 0.25) is 0 Å². The molecule has 0 amide bonds. The summed E-state index contributed by atoms with van der Waals surface area (Å²) >= 11 is 0. The SMILES string of the molecule is CCCCCCCCCCCCCCCCCCCCCCCCCCCCCCCCC(=O)OCC(COC(=O)CCCCCCC)OC(=O)CCCCCCCCCCCCCCCCCCCCCCCCCCCC. The van der Waals surface area contributed by atoms with E-state index < -0.39 is 6.10 Å². The van der Waals surface area contributed by atoms with E-state index >= 15 is 0 Å². The molecule has 0 heterocycles. The predicted octanol–water partition coefficient (Wildman–Crippen LogP) is 25.0. The summed E-state index contributed by atoms with van der Waals surface area (Å²) in [5, 5.41) is 0. The first-order valence-electron chi connectivity index (χ1n) is 36.5. The maximum absolute atomic E-state index is 12.9. The normalized spacial score (nSPS) is 11.9. The zero-order chi connectivity index (χ0) is 57.1. The van der Waals surface area contributed by atoms with Gasteiger partial charge in [-0.2, -0.15) is 0 Å². The maximum Gasteiger partial charge on any atom is 0.306 e. The molecule has 470 valence electrons. The quantitative estimate of drug-likeness (QED) is 0.0343. The topological polar surface area (TPSA) is 78.9 Å². The zero-order valence-electron chi connectivity index (χ0n) is 54.2. The highest BCUT2D eigenvalue weighted by molar-refractivity contribution is 5.71. The molecule has 0 aromatic carbocycles. The third-order valence-corrected chi connectivity index (χ3v) is 17.1. The Morgan fingerprint density at radius 2 is 0.342 bits per heavy atom.